The minimum atomic E-state index is -2.29. The molecule has 70 valence electrons. The second kappa shape index (κ2) is 2.54. The number of rotatable bonds is 4. The van der Waals surface area contributed by atoms with E-state index in [4.69, 9.17) is 13.3 Å². The summed E-state index contributed by atoms with van der Waals surface area (Å²) >= 11 is 0. The zero-order chi connectivity index (χ0) is 8.82. The molecule has 3 fully saturated rings. The van der Waals surface area contributed by atoms with Gasteiger partial charge in [0, 0.05) is 26.4 Å². The van der Waals surface area contributed by atoms with Crippen LogP contribution in [0.25, 0.3) is 0 Å². The van der Waals surface area contributed by atoms with E-state index in [-0.39, 0.29) is 0 Å². The Morgan fingerprint density at radius 2 is 1.42 bits per heavy atom. The molecule has 12 heavy (non-hydrogen) atoms. The largest absolute Gasteiger partial charge is 0.506 e. The monoisotopic (exact) mass is 188 g/mol. The first-order chi connectivity index (χ1) is 5.72. The van der Waals surface area contributed by atoms with Gasteiger partial charge in [0.05, 0.1) is 0 Å². The highest BCUT2D eigenvalue weighted by Gasteiger charge is 2.73. The lowest BCUT2D eigenvalue weighted by atomic mass is 9.55. The van der Waals surface area contributed by atoms with Gasteiger partial charge in [0.1, 0.15) is 0 Å². The molecule has 0 atom stereocenters. The highest BCUT2D eigenvalue weighted by atomic mass is 28.4. The van der Waals surface area contributed by atoms with Gasteiger partial charge in [-0.3, -0.25) is 0 Å². The van der Waals surface area contributed by atoms with E-state index in [0.717, 1.165) is 5.92 Å². The van der Waals surface area contributed by atoms with Gasteiger partial charge in [-0.15, -0.1) is 0 Å². The summed E-state index contributed by atoms with van der Waals surface area (Å²) in [5.41, 5.74) is 0. The highest BCUT2D eigenvalue weighted by molar-refractivity contribution is 6.65. The minimum Gasteiger partial charge on any atom is -0.377 e. The molecule has 0 N–H and O–H groups in total. The fraction of sp³-hybridized carbons (Fsp3) is 1.00. The lowest BCUT2D eigenvalue weighted by molar-refractivity contribution is -0.0487. The maximum absolute atomic E-state index is 5.48. The topological polar surface area (TPSA) is 27.7 Å². The van der Waals surface area contributed by atoms with Crippen molar-refractivity contribution in [1.82, 2.24) is 0 Å². The Labute approximate surface area is 74.4 Å². The summed E-state index contributed by atoms with van der Waals surface area (Å²) in [5.74, 6) is 0.942. The van der Waals surface area contributed by atoms with Crippen molar-refractivity contribution in [3.63, 3.8) is 0 Å². The quantitative estimate of drug-likeness (QED) is 0.624. The lowest BCUT2D eigenvalue weighted by Gasteiger charge is -2.65. The molecule has 0 aromatic rings. The van der Waals surface area contributed by atoms with Crippen LogP contribution in [0.4, 0.5) is 0 Å². The predicted molar refractivity (Wildman–Crippen MR) is 46.8 cm³/mol. The normalized spacial score (nSPS) is 38.8. The van der Waals surface area contributed by atoms with E-state index in [1.165, 1.54) is 19.3 Å². The summed E-state index contributed by atoms with van der Waals surface area (Å²) in [4.78, 5) is 0. The fourth-order valence-corrected chi connectivity index (χ4v) is 6.17. The summed E-state index contributed by atoms with van der Waals surface area (Å²) in [6, 6.07) is 0. The van der Waals surface area contributed by atoms with Gasteiger partial charge in [0.2, 0.25) is 0 Å². The van der Waals surface area contributed by atoms with Gasteiger partial charge in [0.25, 0.3) is 0 Å². The third kappa shape index (κ3) is 0.763. The second-order valence-electron chi connectivity index (χ2n) is 3.93. The molecule has 0 aromatic carbocycles. The molecule has 0 amide bonds. The van der Waals surface area contributed by atoms with Crippen LogP contribution >= 0.6 is 0 Å². The molecule has 0 aromatic heterocycles. The predicted octanol–water partition coefficient (Wildman–Crippen LogP) is 1.42. The maximum atomic E-state index is 5.48. The lowest BCUT2D eigenvalue weighted by Crippen LogP contribution is -2.66. The van der Waals surface area contributed by atoms with Crippen LogP contribution in [-0.4, -0.2) is 30.1 Å². The summed E-state index contributed by atoms with van der Waals surface area (Å²) in [6.45, 7) is 0. The van der Waals surface area contributed by atoms with Gasteiger partial charge >= 0.3 is 8.80 Å². The number of hydrogen-bond donors (Lipinski definition) is 0. The van der Waals surface area contributed by atoms with Crippen LogP contribution in [0.2, 0.25) is 5.04 Å². The molecule has 0 heterocycles. The molecule has 2 bridgehead atoms. The van der Waals surface area contributed by atoms with Crippen molar-refractivity contribution in [1.29, 1.82) is 0 Å². The van der Waals surface area contributed by atoms with Gasteiger partial charge < -0.3 is 13.3 Å². The van der Waals surface area contributed by atoms with E-state index >= 15 is 0 Å². The van der Waals surface area contributed by atoms with Crippen LogP contribution in [0.3, 0.4) is 0 Å². The van der Waals surface area contributed by atoms with Gasteiger partial charge in [0.15, 0.2) is 0 Å². The van der Waals surface area contributed by atoms with Gasteiger partial charge in [-0.2, -0.15) is 0 Å². The Morgan fingerprint density at radius 3 is 1.50 bits per heavy atom. The van der Waals surface area contributed by atoms with Crippen LogP contribution in [0.15, 0.2) is 0 Å². The molecule has 3 saturated carbocycles. The first-order valence-electron chi connectivity index (χ1n) is 4.37. The first-order valence-corrected chi connectivity index (χ1v) is 6.10. The van der Waals surface area contributed by atoms with E-state index in [9.17, 15) is 0 Å². The van der Waals surface area contributed by atoms with E-state index in [1.54, 1.807) is 21.3 Å². The van der Waals surface area contributed by atoms with Crippen LogP contribution in [0, 0.1) is 5.92 Å². The summed E-state index contributed by atoms with van der Waals surface area (Å²) in [7, 11) is 2.83. The van der Waals surface area contributed by atoms with Crippen molar-refractivity contribution in [2.75, 3.05) is 21.3 Å². The molecule has 3 rings (SSSR count). The van der Waals surface area contributed by atoms with Crippen LogP contribution in [0.1, 0.15) is 19.3 Å². The van der Waals surface area contributed by atoms with Gasteiger partial charge in [-0.1, -0.05) is 0 Å². The Morgan fingerprint density at radius 1 is 1.00 bits per heavy atom. The SMILES string of the molecule is CO[Si](OC)(OC)C12CC(C1)C2. The van der Waals surface area contributed by atoms with Crippen molar-refractivity contribution in [2.45, 2.75) is 24.3 Å². The molecule has 3 nitrogen and oxygen atoms in total. The standard InChI is InChI=1S/C8H16O3Si/c1-9-12(10-2,11-3)8-4-7(5-8)6-8/h7H,4-6H2,1-3H3. The maximum Gasteiger partial charge on any atom is 0.506 e. The zero-order valence-electron chi connectivity index (χ0n) is 7.92. The fourth-order valence-electron chi connectivity index (χ4n) is 2.75. The first kappa shape index (κ1) is 8.68. The Hall–Kier alpha value is 0.0969. The zero-order valence-corrected chi connectivity index (χ0v) is 8.92. The average Bonchev–Trinajstić information content (AvgIpc) is 1.94. The van der Waals surface area contributed by atoms with E-state index in [1.807, 2.05) is 0 Å². The smallest absolute Gasteiger partial charge is 0.377 e. The molecule has 4 heteroatoms. The molecule has 3 aliphatic rings. The van der Waals surface area contributed by atoms with Crippen molar-refractivity contribution < 1.29 is 13.3 Å². The van der Waals surface area contributed by atoms with Crippen LogP contribution < -0.4 is 0 Å². The molecule has 0 unspecified atom stereocenters. The Balaban J connectivity index is 2.14. The van der Waals surface area contributed by atoms with E-state index in [2.05, 4.69) is 0 Å². The molecular weight excluding hydrogens is 172 g/mol. The minimum absolute atomic E-state index is 0.302. The molecule has 3 aliphatic carbocycles. The number of hydrogen-bond acceptors (Lipinski definition) is 3. The molecular formula is C8H16O3Si. The van der Waals surface area contributed by atoms with E-state index in [0.29, 0.717) is 5.04 Å². The second-order valence-corrected chi connectivity index (χ2v) is 7.33. The highest BCUT2D eigenvalue weighted by Crippen LogP contribution is 2.74. The molecule has 0 radical (unpaired) electrons. The molecule has 0 aliphatic heterocycles. The molecule has 0 saturated heterocycles. The van der Waals surface area contributed by atoms with Crippen molar-refractivity contribution in [3.8, 4) is 0 Å². The third-order valence-electron chi connectivity index (χ3n) is 3.49. The molecule has 0 spiro atoms. The van der Waals surface area contributed by atoms with Crippen molar-refractivity contribution in [2.24, 2.45) is 5.92 Å². The van der Waals surface area contributed by atoms with E-state index < -0.39 is 8.80 Å². The van der Waals surface area contributed by atoms with Crippen molar-refractivity contribution >= 4 is 8.80 Å². The summed E-state index contributed by atoms with van der Waals surface area (Å²) < 4.78 is 16.4. The van der Waals surface area contributed by atoms with Gasteiger partial charge in [-0.05, 0) is 25.2 Å². The van der Waals surface area contributed by atoms with Gasteiger partial charge in [-0.25, -0.2) is 0 Å². The third-order valence-corrected chi connectivity index (χ3v) is 7.02. The van der Waals surface area contributed by atoms with Crippen molar-refractivity contribution in [3.05, 3.63) is 0 Å². The van der Waals surface area contributed by atoms with Crippen LogP contribution in [-0.2, 0) is 13.3 Å². The average molecular weight is 188 g/mol. The van der Waals surface area contributed by atoms with Crippen LogP contribution in [0.5, 0.6) is 0 Å². The Kier molecular flexibility index (Phi) is 1.84. The summed E-state index contributed by atoms with van der Waals surface area (Å²) in [5, 5.41) is 0.302. The summed E-state index contributed by atoms with van der Waals surface area (Å²) in [6.07, 6.45) is 3.78. The Bertz CT molecular complexity index is 165.